The molecule has 2 aromatic carbocycles. The summed E-state index contributed by atoms with van der Waals surface area (Å²) in [4.78, 5) is 16.6. The van der Waals surface area contributed by atoms with Crippen LogP contribution in [0.15, 0.2) is 42.5 Å². The lowest BCUT2D eigenvalue weighted by Crippen LogP contribution is -2.42. The highest BCUT2D eigenvalue weighted by Crippen LogP contribution is 2.35. The molecule has 188 valence electrons. The zero-order valence-corrected chi connectivity index (χ0v) is 20.3. The topological polar surface area (TPSA) is 82.7 Å². The summed E-state index contributed by atoms with van der Waals surface area (Å²) < 4.78 is 40.4. The van der Waals surface area contributed by atoms with Gasteiger partial charge in [-0.3, -0.25) is 9.89 Å². The Morgan fingerprint density at radius 3 is 2.72 bits per heavy atom. The molecule has 0 spiro atoms. The van der Waals surface area contributed by atoms with Crippen LogP contribution in [0.3, 0.4) is 0 Å². The average molecular weight is 516 g/mol. The van der Waals surface area contributed by atoms with Crippen LogP contribution >= 0.6 is 11.6 Å². The Bertz CT molecular complexity index is 1430. The maximum atomic E-state index is 13.5. The maximum absolute atomic E-state index is 13.5. The van der Waals surface area contributed by atoms with Gasteiger partial charge in [-0.2, -0.15) is 18.3 Å². The van der Waals surface area contributed by atoms with Crippen LogP contribution in [-0.2, 0) is 17.4 Å². The molecule has 1 fully saturated rings. The number of carbonyl (C=O) groups excluding carboxylic acids is 1. The SMILES string of the molecule is Cc1ccc2nc(C(F)(F)F)cc(N[C@H]3CCC[C@@H](NC(=O)Cc4n[nH]c5ccc(Cl)cc45)C3)c2c1. The van der Waals surface area contributed by atoms with Crippen LogP contribution in [0, 0.1) is 6.92 Å². The number of pyridine rings is 1. The van der Waals surface area contributed by atoms with Crippen molar-refractivity contribution in [3.8, 4) is 0 Å². The van der Waals surface area contributed by atoms with E-state index >= 15 is 0 Å². The zero-order chi connectivity index (χ0) is 25.4. The predicted octanol–water partition coefficient (Wildman–Crippen LogP) is 6.17. The van der Waals surface area contributed by atoms with Crippen molar-refractivity contribution in [2.75, 3.05) is 5.32 Å². The van der Waals surface area contributed by atoms with Crippen LogP contribution in [0.25, 0.3) is 21.8 Å². The van der Waals surface area contributed by atoms with Crippen molar-refractivity contribution < 1.29 is 18.0 Å². The highest BCUT2D eigenvalue weighted by Gasteiger charge is 2.34. The Hall–Kier alpha value is -3.33. The van der Waals surface area contributed by atoms with Crippen LogP contribution in [0.5, 0.6) is 0 Å². The molecule has 1 saturated carbocycles. The van der Waals surface area contributed by atoms with E-state index in [1.165, 1.54) is 0 Å². The number of hydrogen-bond donors (Lipinski definition) is 3. The Morgan fingerprint density at radius 2 is 1.92 bits per heavy atom. The first-order valence-electron chi connectivity index (χ1n) is 11.8. The van der Waals surface area contributed by atoms with Gasteiger partial charge in [0.15, 0.2) is 0 Å². The molecule has 1 amide bonds. The summed E-state index contributed by atoms with van der Waals surface area (Å²) in [5, 5.41) is 15.6. The molecule has 4 aromatic rings. The molecule has 0 radical (unpaired) electrons. The molecule has 2 atom stereocenters. The molecule has 0 unspecified atom stereocenters. The maximum Gasteiger partial charge on any atom is 0.433 e. The van der Waals surface area contributed by atoms with Gasteiger partial charge in [0, 0.05) is 33.6 Å². The summed E-state index contributed by atoms with van der Waals surface area (Å²) in [6.07, 6.45) is -1.38. The number of carbonyl (C=O) groups is 1. The van der Waals surface area contributed by atoms with E-state index in [1.807, 2.05) is 19.1 Å². The van der Waals surface area contributed by atoms with Gasteiger partial charge in [-0.25, -0.2) is 4.98 Å². The van der Waals surface area contributed by atoms with Gasteiger partial charge in [-0.1, -0.05) is 23.2 Å². The Kier molecular flexibility index (Phi) is 6.51. The average Bonchev–Trinajstić information content (AvgIpc) is 3.20. The van der Waals surface area contributed by atoms with E-state index in [-0.39, 0.29) is 24.4 Å². The first-order chi connectivity index (χ1) is 17.2. The molecule has 1 aliphatic rings. The standard InChI is InChI=1S/C26H25ClF3N5O/c1-14-5-7-20-18(9-14)22(12-24(33-20)26(28,29)30)31-16-3-2-4-17(11-16)32-25(36)13-23-19-10-15(27)6-8-21(19)34-35-23/h5-10,12,16-17H,2-4,11,13H2,1H3,(H,31,33)(H,32,36)(H,34,35)/t16-,17+/m0/s1. The molecule has 36 heavy (non-hydrogen) atoms. The van der Waals surface area contributed by atoms with E-state index in [2.05, 4.69) is 25.8 Å². The van der Waals surface area contributed by atoms with Crippen LogP contribution < -0.4 is 10.6 Å². The third-order valence-electron chi connectivity index (χ3n) is 6.59. The fourth-order valence-electron chi connectivity index (χ4n) is 4.88. The van der Waals surface area contributed by atoms with Crippen LogP contribution in [0.4, 0.5) is 18.9 Å². The number of nitrogens with zero attached hydrogens (tertiary/aromatic N) is 2. The third-order valence-corrected chi connectivity index (χ3v) is 6.82. The number of hydrogen-bond acceptors (Lipinski definition) is 4. The lowest BCUT2D eigenvalue weighted by molar-refractivity contribution is -0.140. The van der Waals surface area contributed by atoms with Crippen molar-refractivity contribution in [3.63, 3.8) is 0 Å². The molecule has 0 bridgehead atoms. The van der Waals surface area contributed by atoms with Crippen molar-refractivity contribution in [3.05, 3.63) is 64.4 Å². The van der Waals surface area contributed by atoms with Crippen molar-refractivity contribution >= 4 is 45.0 Å². The van der Waals surface area contributed by atoms with E-state index in [9.17, 15) is 18.0 Å². The van der Waals surface area contributed by atoms with Crippen LogP contribution in [-0.4, -0.2) is 33.2 Å². The summed E-state index contributed by atoms with van der Waals surface area (Å²) >= 11 is 6.09. The van der Waals surface area contributed by atoms with Gasteiger partial charge in [0.1, 0.15) is 5.69 Å². The molecular formula is C26H25ClF3N5O. The van der Waals surface area contributed by atoms with Gasteiger partial charge in [-0.15, -0.1) is 0 Å². The minimum atomic E-state index is -4.54. The van der Waals surface area contributed by atoms with Crippen molar-refractivity contribution in [1.29, 1.82) is 0 Å². The van der Waals surface area contributed by atoms with Gasteiger partial charge < -0.3 is 10.6 Å². The summed E-state index contributed by atoms with van der Waals surface area (Å²) in [5.41, 5.74) is 2.15. The van der Waals surface area contributed by atoms with E-state index in [0.717, 1.165) is 41.8 Å². The number of aromatic nitrogens is 3. The van der Waals surface area contributed by atoms with Crippen LogP contribution in [0.1, 0.15) is 42.6 Å². The summed E-state index contributed by atoms with van der Waals surface area (Å²) in [6, 6.07) is 11.5. The third kappa shape index (κ3) is 5.26. The van der Waals surface area contributed by atoms with E-state index < -0.39 is 11.9 Å². The predicted molar refractivity (Wildman–Crippen MR) is 134 cm³/mol. The van der Waals surface area contributed by atoms with Crippen molar-refractivity contribution in [2.45, 2.75) is 57.3 Å². The molecule has 1 aliphatic carbocycles. The number of aryl methyl sites for hydroxylation is 1. The van der Waals surface area contributed by atoms with Crippen molar-refractivity contribution in [2.24, 2.45) is 0 Å². The molecule has 2 heterocycles. The van der Waals surface area contributed by atoms with E-state index in [0.29, 0.717) is 33.7 Å². The number of halogens is 4. The minimum absolute atomic E-state index is 0.0822. The number of H-pyrrole nitrogens is 1. The summed E-state index contributed by atoms with van der Waals surface area (Å²) in [5.74, 6) is -0.154. The second kappa shape index (κ2) is 9.61. The van der Waals surface area contributed by atoms with Gasteiger partial charge in [0.2, 0.25) is 5.91 Å². The normalized spacial score (nSPS) is 18.5. The highest BCUT2D eigenvalue weighted by molar-refractivity contribution is 6.31. The number of anilines is 1. The van der Waals surface area contributed by atoms with Crippen LogP contribution in [0.2, 0.25) is 5.02 Å². The van der Waals surface area contributed by atoms with Crippen molar-refractivity contribution in [1.82, 2.24) is 20.5 Å². The zero-order valence-electron chi connectivity index (χ0n) is 19.5. The summed E-state index contributed by atoms with van der Waals surface area (Å²) in [6.45, 7) is 1.89. The number of aromatic amines is 1. The second-order valence-corrected chi connectivity index (χ2v) is 9.82. The number of nitrogens with one attached hydrogen (secondary N) is 3. The first-order valence-corrected chi connectivity index (χ1v) is 12.2. The minimum Gasteiger partial charge on any atom is -0.382 e. The van der Waals surface area contributed by atoms with Gasteiger partial charge >= 0.3 is 6.18 Å². The van der Waals surface area contributed by atoms with Gasteiger partial charge in [0.05, 0.1) is 23.1 Å². The quantitative estimate of drug-likeness (QED) is 0.297. The molecule has 6 nitrogen and oxygen atoms in total. The monoisotopic (exact) mass is 515 g/mol. The molecule has 0 saturated heterocycles. The molecular weight excluding hydrogens is 491 g/mol. The number of amides is 1. The van der Waals surface area contributed by atoms with Gasteiger partial charge in [-0.05, 0) is 69.0 Å². The lowest BCUT2D eigenvalue weighted by atomic mass is 9.90. The highest BCUT2D eigenvalue weighted by atomic mass is 35.5. The van der Waals surface area contributed by atoms with Gasteiger partial charge in [0.25, 0.3) is 0 Å². The molecule has 2 aromatic heterocycles. The Balaban J connectivity index is 1.29. The molecule has 3 N–H and O–H groups in total. The molecule has 0 aliphatic heterocycles. The molecule has 10 heteroatoms. The second-order valence-electron chi connectivity index (χ2n) is 9.38. The Morgan fingerprint density at radius 1 is 1.11 bits per heavy atom. The number of rotatable bonds is 5. The fraction of sp³-hybridized carbons (Fsp3) is 0.346. The number of benzene rings is 2. The number of fused-ring (bicyclic) bond motifs is 2. The fourth-order valence-corrected chi connectivity index (χ4v) is 5.05. The van der Waals surface area contributed by atoms with E-state index in [1.54, 1.807) is 24.3 Å². The summed E-state index contributed by atoms with van der Waals surface area (Å²) in [7, 11) is 0. The molecule has 5 rings (SSSR count). The Labute approximate surface area is 210 Å². The van der Waals surface area contributed by atoms with E-state index in [4.69, 9.17) is 11.6 Å². The number of alkyl halides is 3. The lowest BCUT2D eigenvalue weighted by Gasteiger charge is -2.31. The smallest absolute Gasteiger partial charge is 0.382 e. The largest absolute Gasteiger partial charge is 0.433 e. The first kappa shape index (κ1) is 24.4.